The van der Waals surface area contributed by atoms with Crippen molar-refractivity contribution in [2.45, 2.75) is 26.8 Å². The third-order valence-corrected chi connectivity index (χ3v) is 3.34. The Labute approximate surface area is 105 Å². The maximum atomic E-state index is 8.40. The smallest absolute Gasteiger partial charge is 0.224 e. The van der Waals surface area contributed by atoms with E-state index in [4.69, 9.17) is 2.74 Å². The Balaban J connectivity index is 2.32. The lowest BCUT2D eigenvalue weighted by Crippen LogP contribution is -2.32. The van der Waals surface area contributed by atoms with Crippen molar-refractivity contribution in [2.24, 2.45) is 0 Å². The van der Waals surface area contributed by atoms with Crippen LogP contribution in [-0.4, -0.2) is 4.57 Å². The molecule has 3 rings (SSSR count). The summed E-state index contributed by atoms with van der Waals surface area (Å²) in [5, 5.41) is 0. The first kappa shape index (κ1) is 8.29. The fourth-order valence-corrected chi connectivity index (χ4v) is 2.29. The fraction of sp³-hybridized carbons (Fsp3) is 0.267. The maximum absolute atomic E-state index is 8.40. The van der Waals surface area contributed by atoms with Crippen LogP contribution in [0.1, 0.15) is 32.6 Å². The largest absolute Gasteiger partial charge is 0.250 e. The summed E-state index contributed by atoms with van der Waals surface area (Å²) in [5.74, 6) is 0. The Morgan fingerprint density at radius 3 is 2.82 bits per heavy atom. The molecule has 1 atom stereocenters. The Bertz CT molecular complexity index is 696. The van der Waals surface area contributed by atoms with Gasteiger partial charge in [0, 0.05) is 6.92 Å². The molecule has 0 radical (unpaired) electrons. The number of hydrogen-bond donors (Lipinski definition) is 0. The number of para-hydroxylation sites is 1. The summed E-state index contributed by atoms with van der Waals surface area (Å²) >= 11 is 0. The van der Waals surface area contributed by atoms with Crippen molar-refractivity contribution in [3.05, 3.63) is 53.6 Å². The van der Waals surface area contributed by atoms with Crippen LogP contribution >= 0.6 is 0 Å². The van der Waals surface area contributed by atoms with Crippen LogP contribution in [0, 0.1) is 13.8 Å². The monoisotopic (exact) mass is 227 g/mol. The van der Waals surface area contributed by atoms with Crippen molar-refractivity contribution in [1.82, 2.24) is 4.57 Å². The molecule has 2 heteroatoms. The number of nitrogens with zero attached hydrogens (tertiary/aromatic N) is 2. The second-order valence-corrected chi connectivity index (χ2v) is 4.50. The van der Waals surface area contributed by atoms with E-state index in [1.807, 2.05) is 54.8 Å². The third-order valence-electron chi connectivity index (χ3n) is 3.34. The van der Waals surface area contributed by atoms with Gasteiger partial charge in [-0.3, -0.25) is 0 Å². The summed E-state index contributed by atoms with van der Waals surface area (Å²) in [4.78, 5) is 0. The lowest BCUT2D eigenvalue weighted by molar-refractivity contribution is -0.602. The number of imidazole rings is 1. The molecular weight excluding hydrogens is 208 g/mol. The maximum Gasteiger partial charge on any atom is 0.250 e. The molecule has 1 aromatic carbocycles. The summed E-state index contributed by atoms with van der Waals surface area (Å²) in [6.07, 6.45) is 4.12. The number of hydrogen-bond acceptors (Lipinski definition) is 0. The summed E-state index contributed by atoms with van der Waals surface area (Å²) in [6.45, 7) is 5.85. The normalized spacial score (nSPS) is 23.5. The summed E-state index contributed by atoms with van der Waals surface area (Å²) in [5.41, 5.74) is 4.09. The topological polar surface area (TPSA) is 8.81 Å². The number of benzene rings is 1. The van der Waals surface area contributed by atoms with Crippen LogP contribution in [-0.2, 0) is 0 Å². The van der Waals surface area contributed by atoms with E-state index >= 15 is 0 Å². The minimum absolute atomic E-state index is 0.351. The molecule has 0 saturated carbocycles. The van der Waals surface area contributed by atoms with Crippen molar-refractivity contribution in [1.29, 1.82) is 0 Å². The lowest BCUT2D eigenvalue weighted by Gasteiger charge is -2.02. The van der Waals surface area contributed by atoms with Gasteiger partial charge < -0.3 is 0 Å². The van der Waals surface area contributed by atoms with Gasteiger partial charge >= 0.3 is 0 Å². The average molecular weight is 227 g/mol. The van der Waals surface area contributed by atoms with Gasteiger partial charge in [-0.15, -0.1) is 0 Å². The molecular formula is C15H17N2+. The molecule has 17 heavy (non-hydrogen) atoms. The summed E-state index contributed by atoms with van der Waals surface area (Å²) in [7, 11) is 0. The SMILES string of the molecule is [2H]c1n2c(c(C)[n+]1-c1ccccc1C)C=CC2([2H])C. The van der Waals surface area contributed by atoms with Crippen LogP contribution in [0.5, 0.6) is 0 Å². The van der Waals surface area contributed by atoms with E-state index in [0.29, 0.717) is 6.30 Å². The number of aromatic nitrogens is 2. The molecule has 2 heterocycles. The molecule has 1 aliphatic rings. The second kappa shape index (κ2) is 3.59. The lowest BCUT2D eigenvalue weighted by atomic mass is 10.2. The van der Waals surface area contributed by atoms with E-state index in [1.54, 1.807) is 11.5 Å². The van der Waals surface area contributed by atoms with Gasteiger partial charge in [-0.05, 0) is 37.6 Å². The first-order valence-corrected chi connectivity index (χ1v) is 5.83. The highest BCUT2D eigenvalue weighted by Crippen LogP contribution is 2.24. The standard InChI is InChI=1S/C15H17N2/c1-11-6-4-5-7-14(11)17-10-16-12(2)8-9-15(16)13(17)3/h4-10,12H,1-3H3/q+1/i10D,12D. The van der Waals surface area contributed by atoms with Gasteiger partial charge in [0.05, 0.1) is 1.37 Å². The molecule has 86 valence electrons. The first-order chi connectivity index (χ1) is 8.93. The third kappa shape index (κ3) is 1.44. The Morgan fingerprint density at radius 1 is 1.35 bits per heavy atom. The molecule has 0 spiro atoms. The fourth-order valence-electron chi connectivity index (χ4n) is 2.29. The first-order valence-electron chi connectivity index (χ1n) is 6.83. The van der Waals surface area contributed by atoms with Gasteiger partial charge in [0.2, 0.25) is 6.30 Å². The van der Waals surface area contributed by atoms with E-state index in [-0.39, 0.29) is 0 Å². The van der Waals surface area contributed by atoms with Crippen molar-refractivity contribution < 1.29 is 7.31 Å². The highest BCUT2D eigenvalue weighted by Gasteiger charge is 2.26. The van der Waals surface area contributed by atoms with Crippen LogP contribution in [0.25, 0.3) is 11.8 Å². The molecule has 0 saturated heterocycles. The summed E-state index contributed by atoms with van der Waals surface area (Å²) in [6, 6.07) is 7.16. The van der Waals surface area contributed by atoms with E-state index < -0.39 is 6.02 Å². The van der Waals surface area contributed by atoms with E-state index in [1.165, 1.54) is 0 Å². The Hall–Kier alpha value is -1.83. The van der Waals surface area contributed by atoms with E-state index in [2.05, 4.69) is 0 Å². The highest BCUT2D eigenvalue weighted by molar-refractivity contribution is 5.52. The highest BCUT2D eigenvalue weighted by atomic mass is 15.2. The average Bonchev–Trinajstić information content (AvgIpc) is 2.79. The minimum Gasteiger partial charge on any atom is -0.224 e. The van der Waals surface area contributed by atoms with Crippen LogP contribution < -0.4 is 4.57 Å². The minimum atomic E-state index is -0.870. The second-order valence-electron chi connectivity index (χ2n) is 4.50. The Morgan fingerprint density at radius 2 is 2.12 bits per heavy atom. The van der Waals surface area contributed by atoms with Gasteiger partial charge in [-0.2, -0.15) is 4.57 Å². The molecule has 1 aromatic heterocycles. The van der Waals surface area contributed by atoms with Crippen LogP contribution in [0.15, 0.2) is 36.6 Å². The number of rotatable bonds is 1. The molecule has 0 amide bonds. The van der Waals surface area contributed by atoms with Gasteiger partial charge in [0.1, 0.15) is 11.7 Å². The molecule has 2 aromatic rings. The zero-order chi connectivity index (χ0) is 13.8. The Kier molecular flexibility index (Phi) is 1.75. The van der Waals surface area contributed by atoms with Crippen LogP contribution in [0.4, 0.5) is 0 Å². The number of aryl methyl sites for hydroxylation is 1. The van der Waals surface area contributed by atoms with Crippen LogP contribution in [0.3, 0.4) is 0 Å². The van der Waals surface area contributed by atoms with Gasteiger partial charge in [-0.1, -0.05) is 18.2 Å². The molecule has 1 unspecified atom stereocenters. The molecule has 0 N–H and O–H groups in total. The zero-order valence-electron chi connectivity index (χ0n) is 12.4. The van der Waals surface area contributed by atoms with Gasteiger partial charge in [-0.25, -0.2) is 4.57 Å². The molecule has 1 aliphatic heterocycles. The van der Waals surface area contributed by atoms with Gasteiger partial charge in [0.15, 0.2) is 12.8 Å². The van der Waals surface area contributed by atoms with Crippen LogP contribution in [0.2, 0.25) is 0 Å². The van der Waals surface area contributed by atoms with Gasteiger partial charge in [0.25, 0.3) is 0 Å². The number of allylic oxidation sites excluding steroid dienone is 1. The molecule has 0 fully saturated rings. The zero-order valence-corrected chi connectivity index (χ0v) is 10.4. The predicted octanol–water partition coefficient (Wildman–Crippen LogP) is 2.97. The van der Waals surface area contributed by atoms with E-state index in [0.717, 1.165) is 22.6 Å². The predicted molar refractivity (Wildman–Crippen MR) is 69.2 cm³/mol. The molecule has 2 nitrogen and oxygen atoms in total. The van der Waals surface area contributed by atoms with Crippen molar-refractivity contribution >= 4 is 6.08 Å². The van der Waals surface area contributed by atoms with Crippen molar-refractivity contribution in [2.75, 3.05) is 0 Å². The van der Waals surface area contributed by atoms with Crippen molar-refractivity contribution in [3.63, 3.8) is 0 Å². The quantitative estimate of drug-likeness (QED) is 0.662. The molecule has 0 aliphatic carbocycles. The van der Waals surface area contributed by atoms with E-state index in [9.17, 15) is 0 Å². The number of fused-ring (bicyclic) bond motifs is 1. The van der Waals surface area contributed by atoms with Crippen molar-refractivity contribution in [3.8, 4) is 5.69 Å². The molecule has 0 bridgehead atoms. The summed E-state index contributed by atoms with van der Waals surface area (Å²) < 4.78 is 20.4.